The zero-order valence-electron chi connectivity index (χ0n) is 14.3. The van der Waals surface area contributed by atoms with Gasteiger partial charge < -0.3 is 15.4 Å². The van der Waals surface area contributed by atoms with E-state index < -0.39 is 0 Å². The van der Waals surface area contributed by atoms with Crippen LogP contribution in [0, 0.1) is 11.3 Å². The fourth-order valence-electron chi connectivity index (χ4n) is 2.48. The minimum Gasteiger partial charge on any atom is -0.496 e. The second-order valence-corrected chi connectivity index (χ2v) is 5.44. The van der Waals surface area contributed by atoms with Crippen LogP contribution < -0.4 is 15.4 Å². The van der Waals surface area contributed by atoms with E-state index in [0.29, 0.717) is 29.6 Å². The number of hydrogen-bond acceptors (Lipinski definition) is 7. The molecule has 3 rings (SSSR count). The number of nitriles is 1. The lowest BCUT2D eigenvalue weighted by molar-refractivity contribution is 0.410. The molecule has 0 bridgehead atoms. The van der Waals surface area contributed by atoms with Gasteiger partial charge in [-0.2, -0.15) is 15.3 Å². The summed E-state index contributed by atoms with van der Waals surface area (Å²) in [5.41, 5.74) is 2.32. The average molecular weight is 346 g/mol. The van der Waals surface area contributed by atoms with Crippen molar-refractivity contribution in [2.75, 3.05) is 24.3 Å². The minimum atomic E-state index is 0.416. The van der Waals surface area contributed by atoms with Crippen molar-refractivity contribution in [2.24, 2.45) is 0 Å². The zero-order valence-corrected chi connectivity index (χ0v) is 14.3. The second kappa shape index (κ2) is 8.44. The van der Waals surface area contributed by atoms with Crippen LogP contribution in [0.1, 0.15) is 11.1 Å². The summed E-state index contributed by atoms with van der Waals surface area (Å²) in [4.78, 5) is 4.38. The first-order valence-corrected chi connectivity index (χ1v) is 8.12. The van der Waals surface area contributed by atoms with E-state index in [1.54, 1.807) is 13.2 Å². The van der Waals surface area contributed by atoms with Gasteiger partial charge in [-0.1, -0.05) is 30.3 Å². The Morgan fingerprint density at radius 2 is 1.92 bits per heavy atom. The predicted molar refractivity (Wildman–Crippen MR) is 99.5 cm³/mol. The van der Waals surface area contributed by atoms with Crippen molar-refractivity contribution in [3.8, 4) is 11.8 Å². The highest BCUT2D eigenvalue weighted by Gasteiger charge is 2.05. The van der Waals surface area contributed by atoms with Gasteiger partial charge in [-0.15, -0.1) is 5.10 Å². The summed E-state index contributed by atoms with van der Waals surface area (Å²) in [6, 6.07) is 17.2. The Balaban J connectivity index is 1.63. The number of nitrogens with one attached hydrogen (secondary N) is 2. The van der Waals surface area contributed by atoms with Crippen LogP contribution in [0.2, 0.25) is 0 Å². The topological polar surface area (TPSA) is 95.8 Å². The first-order valence-electron chi connectivity index (χ1n) is 8.12. The van der Waals surface area contributed by atoms with E-state index in [9.17, 15) is 0 Å². The molecule has 130 valence electrons. The molecular formula is C19H18N6O. The van der Waals surface area contributed by atoms with E-state index in [1.807, 2.05) is 42.5 Å². The van der Waals surface area contributed by atoms with Crippen LogP contribution in [0.15, 0.2) is 54.7 Å². The number of para-hydroxylation sites is 2. The lowest BCUT2D eigenvalue weighted by Gasteiger charge is -2.10. The summed E-state index contributed by atoms with van der Waals surface area (Å²) in [6.45, 7) is 0.639. The lowest BCUT2D eigenvalue weighted by Crippen LogP contribution is -2.10. The van der Waals surface area contributed by atoms with Crippen molar-refractivity contribution in [1.29, 1.82) is 5.26 Å². The van der Waals surface area contributed by atoms with Gasteiger partial charge in [0.05, 0.1) is 24.6 Å². The molecule has 0 fully saturated rings. The Hall–Kier alpha value is -3.66. The summed E-state index contributed by atoms with van der Waals surface area (Å²) < 4.78 is 5.35. The van der Waals surface area contributed by atoms with Gasteiger partial charge in [0.15, 0.2) is 5.82 Å². The molecule has 2 N–H and O–H groups in total. The number of hydrogen-bond donors (Lipinski definition) is 2. The smallest absolute Gasteiger partial charge is 0.244 e. The Bertz CT molecular complexity index is 922. The molecule has 0 aliphatic carbocycles. The standard InChI is InChI=1S/C19H18N6O/c1-26-17-9-5-3-6-14(17)10-11-21-19-24-18(13-22-25-19)23-16-8-4-2-7-15(16)12-20/h2-9,13H,10-11H2,1H3,(H2,21,23,24,25). The van der Waals surface area contributed by atoms with Gasteiger partial charge in [0.25, 0.3) is 0 Å². The molecule has 0 spiro atoms. The SMILES string of the molecule is COc1ccccc1CCNc1nncc(Nc2ccccc2C#N)n1. The zero-order chi connectivity index (χ0) is 18.2. The molecule has 0 unspecified atom stereocenters. The Kier molecular flexibility index (Phi) is 5.58. The van der Waals surface area contributed by atoms with E-state index in [1.165, 1.54) is 6.20 Å². The number of methoxy groups -OCH3 is 1. The van der Waals surface area contributed by atoms with E-state index in [-0.39, 0.29) is 0 Å². The largest absolute Gasteiger partial charge is 0.496 e. The highest BCUT2D eigenvalue weighted by molar-refractivity contribution is 5.64. The number of ether oxygens (including phenoxy) is 1. The van der Waals surface area contributed by atoms with E-state index in [2.05, 4.69) is 31.9 Å². The second-order valence-electron chi connectivity index (χ2n) is 5.44. The Morgan fingerprint density at radius 1 is 1.12 bits per heavy atom. The first kappa shape index (κ1) is 17.2. The summed E-state index contributed by atoms with van der Waals surface area (Å²) in [5, 5.41) is 23.3. The summed E-state index contributed by atoms with van der Waals surface area (Å²) in [5.74, 6) is 1.79. The van der Waals surface area contributed by atoms with Crippen LogP contribution in [-0.4, -0.2) is 28.8 Å². The van der Waals surface area contributed by atoms with E-state index in [0.717, 1.165) is 17.7 Å². The maximum Gasteiger partial charge on any atom is 0.244 e. The maximum atomic E-state index is 9.16. The molecule has 0 radical (unpaired) electrons. The summed E-state index contributed by atoms with van der Waals surface area (Å²) >= 11 is 0. The van der Waals surface area contributed by atoms with Gasteiger partial charge in [0.1, 0.15) is 11.8 Å². The molecule has 0 aliphatic rings. The molecule has 0 saturated heterocycles. The average Bonchev–Trinajstić information content (AvgIpc) is 2.69. The monoisotopic (exact) mass is 346 g/mol. The molecule has 1 aromatic heterocycles. The van der Waals surface area contributed by atoms with Crippen molar-refractivity contribution in [1.82, 2.24) is 15.2 Å². The normalized spacial score (nSPS) is 10.0. The molecule has 3 aromatic rings. The number of aromatic nitrogens is 3. The van der Waals surface area contributed by atoms with E-state index >= 15 is 0 Å². The van der Waals surface area contributed by atoms with Crippen LogP contribution >= 0.6 is 0 Å². The van der Waals surface area contributed by atoms with E-state index in [4.69, 9.17) is 10.00 Å². The maximum absolute atomic E-state index is 9.16. The molecule has 0 amide bonds. The van der Waals surface area contributed by atoms with Gasteiger partial charge in [0.2, 0.25) is 5.95 Å². The molecule has 0 aliphatic heterocycles. The van der Waals surface area contributed by atoms with Crippen LogP contribution in [-0.2, 0) is 6.42 Å². The van der Waals surface area contributed by atoms with Gasteiger partial charge in [-0.05, 0) is 30.2 Å². The minimum absolute atomic E-state index is 0.416. The number of anilines is 3. The van der Waals surface area contributed by atoms with Gasteiger partial charge in [-0.3, -0.25) is 0 Å². The van der Waals surface area contributed by atoms with Crippen LogP contribution in [0.25, 0.3) is 0 Å². The van der Waals surface area contributed by atoms with Gasteiger partial charge in [-0.25, -0.2) is 0 Å². The van der Waals surface area contributed by atoms with Crippen molar-refractivity contribution in [2.45, 2.75) is 6.42 Å². The summed E-state index contributed by atoms with van der Waals surface area (Å²) in [6.07, 6.45) is 2.28. The third-order valence-electron chi connectivity index (χ3n) is 3.74. The predicted octanol–water partition coefficient (Wildman–Crippen LogP) is 3.15. The molecule has 26 heavy (non-hydrogen) atoms. The molecule has 0 atom stereocenters. The highest BCUT2D eigenvalue weighted by atomic mass is 16.5. The van der Waals surface area contributed by atoms with Gasteiger partial charge in [0, 0.05) is 6.54 Å². The third kappa shape index (κ3) is 4.24. The molecule has 7 nitrogen and oxygen atoms in total. The first-order chi connectivity index (χ1) is 12.8. The highest BCUT2D eigenvalue weighted by Crippen LogP contribution is 2.19. The molecule has 2 aromatic carbocycles. The van der Waals surface area contributed by atoms with Gasteiger partial charge >= 0.3 is 0 Å². The molecule has 1 heterocycles. The van der Waals surface area contributed by atoms with Crippen LogP contribution in [0.4, 0.5) is 17.5 Å². The van der Waals surface area contributed by atoms with Crippen molar-refractivity contribution < 1.29 is 4.74 Å². The Morgan fingerprint density at radius 3 is 2.77 bits per heavy atom. The fraction of sp³-hybridized carbons (Fsp3) is 0.158. The number of nitrogens with zero attached hydrogens (tertiary/aromatic N) is 4. The van der Waals surface area contributed by atoms with Crippen LogP contribution in [0.5, 0.6) is 5.75 Å². The van der Waals surface area contributed by atoms with Crippen molar-refractivity contribution >= 4 is 17.5 Å². The van der Waals surface area contributed by atoms with Crippen LogP contribution in [0.3, 0.4) is 0 Å². The molecule has 0 saturated carbocycles. The lowest BCUT2D eigenvalue weighted by atomic mass is 10.1. The van der Waals surface area contributed by atoms with Crippen molar-refractivity contribution in [3.05, 3.63) is 65.9 Å². The number of benzene rings is 2. The fourth-order valence-corrected chi connectivity index (χ4v) is 2.48. The molecular weight excluding hydrogens is 328 g/mol. The number of rotatable bonds is 7. The Labute approximate surface area is 151 Å². The molecule has 7 heteroatoms. The summed E-state index contributed by atoms with van der Waals surface area (Å²) in [7, 11) is 1.66. The van der Waals surface area contributed by atoms with Crippen molar-refractivity contribution in [3.63, 3.8) is 0 Å². The third-order valence-corrected chi connectivity index (χ3v) is 3.74. The quantitative estimate of drug-likeness (QED) is 0.678.